The quantitative estimate of drug-likeness (QED) is 0.0840. The molecule has 8 rings (SSSR count). The SMILES string of the molecule is NS(=O)(=O)c1cc(O)cc(O)c1.NS(=O)(=O)c1ccc(O)c(O)c1.NS(=O)(=O)c1cccc(O)c1O.O=C(O)c1cc(O)c(O)c(O)c1.O=C(O)c1cc(O)cc(O)c1.O=C(O)c1cccc(O)c1O.Oc1cc(O)cc(O)c1.Oc1ccc(O)c(O)c1. The van der Waals surface area contributed by atoms with Gasteiger partial charge in [0.15, 0.2) is 63.2 Å². The zero-order valence-electron chi connectivity index (χ0n) is 43.7. The molecule has 8 aromatic carbocycles. The Morgan fingerprint density at radius 3 is 0.955 bits per heavy atom. The van der Waals surface area contributed by atoms with Gasteiger partial charge in [-0.15, -0.1) is 0 Å². The van der Waals surface area contributed by atoms with Gasteiger partial charge in [-0.2, -0.15) is 0 Å². The van der Waals surface area contributed by atoms with Gasteiger partial charge in [-0.05, 0) is 72.8 Å². The smallest absolute Gasteiger partial charge is 0.339 e. The zero-order valence-corrected chi connectivity index (χ0v) is 46.2. The highest BCUT2D eigenvalue weighted by Gasteiger charge is 2.17. The van der Waals surface area contributed by atoms with Gasteiger partial charge in [-0.1, -0.05) is 12.1 Å². The molecule has 0 atom stereocenters. The molecule has 0 amide bonds. The first-order valence-electron chi connectivity index (χ1n) is 22.4. The summed E-state index contributed by atoms with van der Waals surface area (Å²) in [6.07, 6.45) is 0. The van der Waals surface area contributed by atoms with E-state index < -0.39 is 98.9 Å². The number of primary sulfonamides is 3. The number of aromatic hydroxyl groups is 19. The van der Waals surface area contributed by atoms with Crippen molar-refractivity contribution in [2.45, 2.75) is 14.7 Å². The molecular formula is C51H51N3O31S3. The molecule has 37 heteroatoms. The van der Waals surface area contributed by atoms with E-state index in [1.54, 1.807) is 0 Å². The van der Waals surface area contributed by atoms with Gasteiger partial charge >= 0.3 is 17.9 Å². The molecule has 0 radical (unpaired) electrons. The molecule has 0 heterocycles. The lowest BCUT2D eigenvalue weighted by Gasteiger charge is -2.02. The van der Waals surface area contributed by atoms with Crippen molar-refractivity contribution >= 4 is 48.0 Å². The molecular weight excluding hydrogens is 1250 g/mol. The molecule has 8 aromatic rings. The molecule has 474 valence electrons. The minimum atomic E-state index is -3.97. The number of carboxylic acids is 3. The van der Waals surface area contributed by atoms with E-state index in [4.69, 9.17) is 128 Å². The van der Waals surface area contributed by atoms with Crippen molar-refractivity contribution in [3.8, 4) is 109 Å². The number of carboxylic acid groups (broad SMARTS) is 3. The largest absolute Gasteiger partial charge is 0.508 e. The average Bonchev–Trinajstić information content (AvgIpc) is 2.68. The number of aromatic carboxylic acids is 3. The molecule has 88 heavy (non-hydrogen) atoms. The van der Waals surface area contributed by atoms with E-state index in [0.29, 0.717) is 0 Å². The normalized spacial score (nSPS) is 10.3. The van der Waals surface area contributed by atoms with Crippen molar-refractivity contribution in [2.75, 3.05) is 0 Å². The van der Waals surface area contributed by atoms with Crippen LogP contribution in [0.4, 0.5) is 0 Å². The van der Waals surface area contributed by atoms with Crippen LogP contribution < -0.4 is 15.4 Å². The summed E-state index contributed by atoms with van der Waals surface area (Å²) in [7, 11) is -11.6. The van der Waals surface area contributed by atoms with Crippen LogP contribution in [-0.4, -0.2) is 156 Å². The third-order valence-corrected chi connectivity index (χ3v) is 12.1. The Morgan fingerprint density at radius 1 is 0.273 bits per heavy atom. The monoisotopic (exact) mass is 1300 g/mol. The van der Waals surface area contributed by atoms with Gasteiger partial charge in [-0.3, -0.25) is 0 Å². The van der Waals surface area contributed by atoms with Gasteiger partial charge < -0.3 is 112 Å². The van der Waals surface area contributed by atoms with Crippen LogP contribution >= 0.6 is 0 Å². The van der Waals surface area contributed by atoms with Crippen molar-refractivity contribution in [1.29, 1.82) is 0 Å². The van der Waals surface area contributed by atoms with Crippen molar-refractivity contribution in [3.63, 3.8) is 0 Å². The van der Waals surface area contributed by atoms with Crippen LogP contribution in [0.15, 0.2) is 154 Å². The summed E-state index contributed by atoms with van der Waals surface area (Å²) >= 11 is 0. The zero-order chi connectivity index (χ0) is 67.9. The first kappa shape index (κ1) is 74.1. The number of hydrogen-bond donors (Lipinski definition) is 25. The third kappa shape index (κ3) is 25.7. The highest BCUT2D eigenvalue weighted by molar-refractivity contribution is 7.89. The maximum absolute atomic E-state index is 10.7. The fourth-order valence-electron chi connectivity index (χ4n) is 5.39. The minimum Gasteiger partial charge on any atom is -0.508 e. The van der Waals surface area contributed by atoms with Crippen LogP contribution in [0.2, 0.25) is 0 Å². The Balaban J connectivity index is 0.000000504. The number of rotatable bonds is 6. The number of phenols is 19. The average molecular weight is 1300 g/mol. The van der Waals surface area contributed by atoms with Crippen molar-refractivity contribution < 1.29 is 152 Å². The van der Waals surface area contributed by atoms with Crippen LogP contribution in [0.3, 0.4) is 0 Å². The highest BCUT2D eigenvalue weighted by atomic mass is 32.2. The summed E-state index contributed by atoms with van der Waals surface area (Å²) in [5, 5.41) is 207. The summed E-state index contributed by atoms with van der Waals surface area (Å²) in [4.78, 5) is 29.9. The van der Waals surface area contributed by atoms with Gasteiger partial charge in [0, 0.05) is 54.6 Å². The minimum absolute atomic E-state index is 0.0645. The van der Waals surface area contributed by atoms with Crippen LogP contribution in [0, 0.1) is 0 Å². The first-order chi connectivity index (χ1) is 40.3. The lowest BCUT2D eigenvalue weighted by Crippen LogP contribution is -2.12. The molecule has 0 aromatic heterocycles. The first-order valence-corrected chi connectivity index (χ1v) is 27.1. The van der Waals surface area contributed by atoms with E-state index in [2.05, 4.69) is 0 Å². The van der Waals surface area contributed by atoms with Crippen molar-refractivity contribution in [1.82, 2.24) is 0 Å². The molecule has 0 saturated heterocycles. The molecule has 0 spiro atoms. The molecule has 0 unspecified atom stereocenters. The number of hydrogen-bond acceptors (Lipinski definition) is 28. The number of nitrogens with two attached hydrogens (primary N) is 3. The Kier molecular flexibility index (Phi) is 27.1. The van der Waals surface area contributed by atoms with E-state index >= 15 is 0 Å². The molecule has 0 aliphatic carbocycles. The molecule has 34 nitrogen and oxygen atoms in total. The third-order valence-electron chi connectivity index (χ3n) is 9.32. The Labute approximate surface area is 493 Å². The van der Waals surface area contributed by atoms with E-state index in [9.17, 15) is 39.6 Å². The Morgan fingerprint density at radius 2 is 0.625 bits per heavy atom. The fourth-order valence-corrected chi connectivity index (χ4v) is 7.14. The maximum atomic E-state index is 10.7. The summed E-state index contributed by atoms with van der Waals surface area (Å²) < 4.78 is 64.2. The molecule has 0 saturated carbocycles. The predicted molar refractivity (Wildman–Crippen MR) is 298 cm³/mol. The van der Waals surface area contributed by atoms with Crippen molar-refractivity contribution in [3.05, 3.63) is 156 Å². The van der Waals surface area contributed by atoms with E-state index in [1.807, 2.05) is 0 Å². The fraction of sp³-hybridized carbons (Fsp3) is 0. The van der Waals surface area contributed by atoms with Crippen molar-refractivity contribution in [2.24, 2.45) is 15.4 Å². The maximum Gasteiger partial charge on any atom is 0.339 e. The van der Waals surface area contributed by atoms with Crippen LogP contribution in [0.5, 0.6) is 109 Å². The molecule has 0 fully saturated rings. The van der Waals surface area contributed by atoms with Gasteiger partial charge in [0.1, 0.15) is 56.5 Å². The second kappa shape index (κ2) is 32.2. The summed E-state index contributed by atoms with van der Waals surface area (Å²) in [5.74, 6) is -11.2. The Bertz CT molecular complexity index is 4010. The summed E-state index contributed by atoms with van der Waals surface area (Å²) in [6.45, 7) is 0. The predicted octanol–water partition coefficient (Wildman–Crippen LogP) is 2.94. The number of carbonyl (C=O) groups is 3. The molecule has 28 N–H and O–H groups in total. The van der Waals surface area contributed by atoms with Gasteiger partial charge in [0.2, 0.25) is 30.1 Å². The second-order valence-corrected chi connectivity index (χ2v) is 20.8. The van der Waals surface area contributed by atoms with Crippen LogP contribution in [-0.2, 0) is 30.1 Å². The number of para-hydroxylation sites is 2. The molecule has 0 aliphatic rings. The van der Waals surface area contributed by atoms with Crippen LogP contribution in [0.25, 0.3) is 0 Å². The number of phenolic OH excluding ortho intramolecular Hbond substituents is 18. The standard InChI is InChI=1S/C7H6O5.2C7H6O4.3C6H7NO4S.2C6H6O3/c8-4-1-3(7(11)12)2-5(9)6(4)10;8-5-1-4(7(10)11)2-6(9)3-5;8-5-3-1-2-4(6(5)9)7(10)11;7-12(10,11)6-2-4(8)1-5(9)3-6;7-12(10,11)4-1-2-5(8)6(9)3-4;7-12(10,11)5-3-1-2-4(8)6(5)9;7-4-1-5(8)3-6(9)2-4;7-4-1-2-5(8)6(9)3-4/h1-2,8-10H,(H,11,12);2*1-3,8-9H,(H,10,11);3*1-3,8-9H,(H2,7,10,11);2*1-3,7-9H. The lowest BCUT2D eigenvalue weighted by molar-refractivity contribution is 0.0683. The van der Waals surface area contributed by atoms with E-state index in [1.165, 1.54) is 36.4 Å². The number of sulfonamides is 3. The van der Waals surface area contributed by atoms with Crippen LogP contribution in [0.1, 0.15) is 31.1 Å². The molecule has 0 bridgehead atoms. The van der Waals surface area contributed by atoms with Gasteiger partial charge in [0.05, 0.1) is 20.9 Å². The Hall–Kier alpha value is -11.9. The lowest BCUT2D eigenvalue weighted by atomic mass is 10.2. The van der Waals surface area contributed by atoms with E-state index in [0.717, 1.165) is 103 Å². The highest BCUT2D eigenvalue weighted by Crippen LogP contribution is 2.36. The topological polar surface area (TPSA) is 677 Å². The van der Waals surface area contributed by atoms with E-state index in [-0.39, 0.29) is 89.7 Å². The van der Waals surface area contributed by atoms with Gasteiger partial charge in [0.25, 0.3) is 0 Å². The second-order valence-electron chi connectivity index (χ2n) is 16.2. The van der Waals surface area contributed by atoms with Gasteiger partial charge in [-0.25, -0.2) is 55.1 Å². The number of benzene rings is 8. The summed E-state index contributed by atoms with van der Waals surface area (Å²) in [5.41, 5.74) is -0.727. The summed E-state index contributed by atoms with van der Waals surface area (Å²) in [6, 6.07) is 25.1. The molecule has 0 aliphatic heterocycles.